The maximum Gasteiger partial charge on any atom is 0.127 e. The zero-order valence-corrected chi connectivity index (χ0v) is 28.9. The van der Waals surface area contributed by atoms with E-state index in [1.54, 1.807) is 18.2 Å². The lowest BCUT2D eigenvalue weighted by Gasteiger charge is -2.46. The van der Waals surface area contributed by atoms with Gasteiger partial charge in [-0.3, -0.25) is 0 Å². The number of hydrogen-bond acceptors (Lipinski definition) is 6. The van der Waals surface area contributed by atoms with Crippen molar-refractivity contribution in [3.8, 4) is 23.0 Å². The maximum absolute atomic E-state index is 13.6. The predicted octanol–water partition coefficient (Wildman–Crippen LogP) is 9.33. The van der Waals surface area contributed by atoms with Crippen LogP contribution in [0.2, 0.25) is 0 Å². The van der Waals surface area contributed by atoms with Crippen molar-refractivity contribution in [2.45, 2.75) is 104 Å². The first-order valence-electron chi connectivity index (χ1n) is 17.4. The highest BCUT2D eigenvalue weighted by Crippen LogP contribution is 2.52. The number of carbonyl (C=O) groups is 1. The first kappa shape index (κ1) is 35.3. The lowest BCUT2D eigenvalue weighted by molar-refractivity contribution is -0.123. The number of aliphatic hydroxyl groups excluding tert-OH is 1. The van der Waals surface area contributed by atoms with Crippen LogP contribution in [0.1, 0.15) is 113 Å². The molecule has 4 aliphatic carbocycles. The fraction of sp³-hybridized carbons (Fsp3) is 0.452. The molecule has 48 heavy (non-hydrogen) atoms. The van der Waals surface area contributed by atoms with Crippen LogP contribution in [0.5, 0.6) is 23.0 Å². The van der Waals surface area contributed by atoms with E-state index < -0.39 is 11.5 Å². The molecule has 5 atom stereocenters. The minimum absolute atomic E-state index is 0.0374. The molecule has 0 aliphatic heterocycles. The summed E-state index contributed by atoms with van der Waals surface area (Å²) in [6.45, 7) is 12.3. The van der Waals surface area contributed by atoms with E-state index in [2.05, 4.69) is 31.7 Å². The van der Waals surface area contributed by atoms with Gasteiger partial charge in [0.05, 0.1) is 0 Å². The minimum Gasteiger partial charge on any atom is -0.508 e. The van der Waals surface area contributed by atoms with Crippen LogP contribution in [0.25, 0.3) is 0 Å². The van der Waals surface area contributed by atoms with E-state index in [1.165, 1.54) is 23.3 Å². The number of allylic oxidation sites excluding steroid dienone is 8. The number of carbonyl (C=O) groups excluding carboxylic acids is 1. The van der Waals surface area contributed by atoms with Gasteiger partial charge in [-0.2, -0.15) is 0 Å². The molecular formula is C42H52O6. The fourth-order valence-corrected chi connectivity index (χ4v) is 8.41. The summed E-state index contributed by atoms with van der Waals surface area (Å²) in [5.74, 6) is -0.166. The van der Waals surface area contributed by atoms with Crippen molar-refractivity contribution in [1.82, 2.24) is 0 Å². The van der Waals surface area contributed by atoms with Crippen molar-refractivity contribution in [2.75, 3.05) is 0 Å². The molecule has 6 heteroatoms. The molecule has 2 aromatic carbocycles. The first-order valence-corrected chi connectivity index (χ1v) is 17.4. The van der Waals surface area contributed by atoms with Crippen LogP contribution in [0.15, 0.2) is 83.0 Å². The van der Waals surface area contributed by atoms with Gasteiger partial charge in [0.1, 0.15) is 35.4 Å². The molecule has 0 aromatic heterocycles. The van der Waals surface area contributed by atoms with Crippen molar-refractivity contribution < 1.29 is 30.3 Å². The SMILES string of the molecule is C=C(C)C1CCC(C)=CCCC2(C=O)C3C=C(CCC=C(C)Cc4cc(O)c(cc4O)C(O)C=C(C)C3)CC2Cc2cc(O)cc1c2O. The number of aromatic hydroxyl groups is 4. The summed E-state index contributed by atoms with van der Waals surface area (Å²) >= 11 is 0. The van der Waals surface area contributed by atoms with Crippen LogP contribution in [0.3, 0.4) is 0 Å². The molecule has 0 saturated carbocycles. The van der Waals surface area contributed by atoms with Gasteiger partial charge in [0.2, 0.25) is 0 Å². The van der Waals surface area contributed by atoms with E-state index in [9.17, 15) is 30.3 Å². The molecule has 6 bridgehead atoms. The van der Waals surface area contributed by atoms with Crippen LogP contribution in [-0.2, 0) is 17.6 Å². The van der Waals surface area contributed by atoms with E-state index in [4.69, 9.17) is 0 Å². The summed E-state index contributed by atoms with van der Waals surface area (Å²) in [4.78, 5) is 13.6. The third kappa shape index (κ3) is 7.49. The lowest BCUT2D eigenvalue weighted by atomic mass is 9.56. The molecule has 256 valence electrons. The van der Waals surface area contributed by atoms with Crippen LogP contribution in [0, 0.1) is 17.3 Å². The van der Waals surface area contributed by atoms with Crippen molar-refractivity contribution in [1.29, 1.82) is 0 Å². The summed E-state index contributed by atoms with van der Waals surface area (Å²) in [6.07, 6.45) is 15.1. The standard InChI is InChI=1S/C42H52O6/c1-25(2)35-12-11-26(3)9-7-13-42(24-43)32-15-28(5)16-39(46)37-23-38(45)30(21-40(37)47)14-27(4)8-6-10-29(17-32)18-33(42)19-31-20-34(44)22-36(35)41(31)48/h8-9,16-17,20-24,32-33,35,39,44-48H,1,6-7,10-15,18-19H2,2-5H3. The van der Waals surface area contributed by atoms with Gasteiger partial charge in [-0.1, -0.05) is 58.7 Å². The number of phenols is 4. The van der Waals surface area contributed by atoms with Gasteiger partial charge in [0.15, 0.2) is 0 Å². The average molecular weight is 653 g/mol. The van der Waals surface area contributed by atoms with Crippen LogP contribution in [-0.4, -0.2) is 31.8 Å². The van der Waals surface area contributed by atoms with Crippen LogP contribution >= 0.6 is 0 Å². The Bertz CT molecular complexity index is 1690. The number of phenolic OH excluding ortho intramolecular Hbond substituents is 4. The van der Waals surface area contributed by atoms with Gasteiger partial charge < -0.3 is 30.3 Å². The van der Waals surface area contributed by atoms with Gasteiger partial charge >= 0.3 is 0 Å². The summed E-state index contributed by atoms with van der Waals surface area (Å²) in [5, 5.41) is 55.4. The Balaban J connectivity index is 1.64. The number of fused-ring (bicyclic) bond motifs is 10. The van der Waals surface area contributed by atoms with Gasteiger partial charge in [0.25, 0.3) is 0 Å². The smallest absolute Gasteiger partial charge is 0.127 e. The van der Waals surface area contributed by atoms with Crippen molar-refractivity contribution >= 4 is 6.29 Å². The van der Waals surface area contributed by atoms with Crippen molar-refractivity contribution in [3.63, 3.8) is 0 Å². The second-order valence-corrected chi connectivity index (χ2v) is 14.8. The number of aliphatic hydroxyl groups is 1. The topological polar surface area (TPSA) is 118 Å². The van der Waals surface area contributed by atoms with Gasteiger partial charge in [-0.15, -0.1) is 0 Å². The monoisotopic (exact) mass is 652 g/mol. The molecule has 4 aliphatic rings. The highest BCUT2D eigenvalue weighted by atomic mass is 16.3. The zero-order chi connectivity index (χ0) is 34.7. The van der Waals surface area contributed by atoms with Gasteiger partial charge in [0, 0.05) is 28.0 Å². The average Bonchev–Trinajstić information content (AvgIpc) is 3.01. The third-order valence-electron chi connectivity index (χ3n) is 11.1. The molecule has 2 aromatic rings. The number of benzene rings is 2. The summed E-state index contributed by atoms with van der Waals surface area (Å²) < 4.78 is 0. The van der Waals surface area contributed by atoms with Crippen LogP contribution in [0.4, 0.5) is 0 Å². The Morgan fingerprint density at radius 1 is 0.833 bits per heavy atom. The van der Waals surface area contributed by atoms with Gasteiger partial charge in [-0.05, 0) is 134 Å². The fourth-order valence-electron chi connectivity index (χ4n) is 8.41. The van der Waals surface area contributed by atoms with E-state index in [-0.39, 0.29) is 46.3 Å². The number of hydrogen-bond donors (Lipinski definition) is 5. The first-order chi connectivity index (χ1) is 22.8. The molecule has 5 N–H and O–H groups in total. The van der Waals surface area contributed by atoms with E-state index >= 15 is 0 Å². The lowest BCUT2D eigenvalue weighted by Crippen LogP contribution is -2.43. The molecule has 0 saturated heterocycles. The normalized spacial score (nSPS) is 27.1. The molecule has 6 rings (SSSR count). The Hall–Kier alpha value is -4.03. The van der Waals surface area contributed by atoms with E-state index in [1.807, 2.05) is 20.8 Å². The summed E-state index contributed by atoms with van der Waals surface area (Å²) in [6, 6.07) is 6.29. The highest BCUT2D eigenvalue weighted by Gasteiger charge is 2.47. The minimum atomic E-state index is -1.14. The van der Waals surface area contributed by atoms with Crippen LogP contribution < -0.4 is 0 Å². The molecule has 6 nitrogen and oxygen atoms in total. The van der Waals surface area contributed by atoms with Crippen molar-refractivity contribution in [2.24, 2.45) is 17.3 Å². The molecular weight excluding hydrogens is 600 g/mol. The summed E-state index contributed by atoms with van der Waals surface area (Å²) in [7, 11) is 0. The quantitative estimate of drug-likeness (QED) is 0.125. The molecule has 0 amide bonds. The second-order valence-electron chi connectivity index (χ2n) is 14.8. The second kappa shape index (κ2) is 14.6. The molecule has 0 spiro atoms. The predicted molar refractivity (Wildman–Crippen MR) is 191 cm³/mol. The molecule has 0 heterocycles. The van der Waals surface area contributed by atoms with Crippen molar-refractivity contribution in [3.05, 3.63) is 105 Å². The molecule has 5 unspecified atom stereocenters. The Kier molecular flexibility index (Phi) is 10.7. The number of aldehydes is 1. The molecule has 0 fully saturated rings. The Morgan fingerprint density at radius 2 is 1.58 bits per heavy atom. The zero-order valence-electron chi connectivity index (χ0n) is 28.9. The maximum atomic E-state index is 13.6. The highest BCUT2D eigenvalue weighted by molar-refractivity contribution is 5.63. The summed E-state index contributed by atoms with van der Waals surface area (Å²) in [5.41, 5.74) is 6.74. The molecule has 0 radical (unpaired) electrons. The Morgan fingerprint density at radius 3 is 2.31 bits per heavy atom. The number of rotatable bonds is 2. The van der Waals surface area contributed by atoms with E-state index in [0.717, 1.165) is 55.1 Å². The third-order valence-corrected chi connectivity index (χ3v) is 11.1. The Labute approximate surface area is 285 Å². The van der Waals surface area contributed by atoms with E-state index in [0.29, 0.717) is 48.8 Å². The largest absolute Gasteiger partial charge is 0.508 e. The van der Waals surface area contributed by atoms with Gasteiger partial charge in [-0.25, -0.2) is 0 Å².